The van der Waals surface area contributed by atoms with Gasteiger partial charge in [0.05, 0.1) is 44.4 Å². The number of amidine groups is 2. The van der Waals surface area contributed by atoms with Crippen molar-refractivity contribution in [3.63, 3.8) is 0 Å². The number of ether oxygens (including phenoxy) is 2. The molecule has 3 N–H and O–H groups in total. The summed E-state index contributed by atoms with van der Waals surface area (Å²) in [6.07, 6.45) is 7.93. The molecule has 0 aliphatic carbocycles. The Labute approximate surface area is 312 Å². The summed E-state index contributed by atoms with van der Waals surface area (Å²) < 4.78 is 11.2. The number of carbonyl (C=O) groups excluding carboxylic acids is 3. The van der Waals surface area contributed by atoms with Crippen molar-refractivity contribution in [1.82, 2.24) is 30.7 Å². The highest BCUT2D eigenvalue weighted by atomic mass is 16.5. The minimum atomic E-state index is -0.658. The average Bonchev–Trinajstić information content (AvgIpc) is 4.01. The van der Waals surface area contributed by atoms with Gasteiger partial charge >= 0.3 is 6.09 Å². The molecule has 5 aliphatic rings. The molecule has 5 aliphatic heterocycles. The average molecular weight is 727 g/mol. The highest BCUT2D eigenvalue weighted by molar-refractivity contribution is 5.95. The van der Waals surface area contributed by atoms with Crippen molar-refractivity contribution in [1.29, 1.82) is 0 Å². The van der Waals surface area contributed by atoms with Crippen LogP contribution in [0.25, 0.3) is 0 Å². The van der Waals surface area contributed by atoms with Gasteiger partial charge in [-0.25, -0.2) is 9.78 Å². The predicted octanol–water partition coefficient (Wildman–Crippen LogP) is 5.05. The molecule has 13 nitrogen and oxygen atoms in total. The minimum Gasteiger partial charge on any atom is -0.453 e. The molecule has 2 saturated heterocycles. The lowest BCUT2D eigenvalue weighted by molar-refractivity contribution is -0.134. The number of pyridine rings is 1. The van der Waals surface area contributed by atoms with Crippen molar-refractivity contribution < 1.29 is 23.9 Å². The van der Waals surface area contributed by atoms with Gasteiger partial charge in [-0.1, -0.05) is 52.7 Å². The molecule has 7 rings (SSSR count). The van der Waals surface area contributed by atoms with Crippen LogP contribution >= 0.6 is 0 Å². The van der Waals surface area contributed by atoms with Crippen LogP contribution in [0.3, 0.4) is 0 Å². The number of fused-ring (bicyclic) bond motifs is 2. The van der Waals surface area contributed by atoms with Crippen molar-refractivity contribution >= 4 is 29.6 Å². The Hall–Kier alpha value is -4.68. The molecule has 3 amide bonds. The number of methoxy groups -OCH3 is 1. The molecule has 0 bridgehead atoms. The topological polar surface area (TPSA) is 150 Å². The predicted molar refractivity (Wildman–Crippen MR) is 202 cm³/mol. The Morgan fingerprint density at radius 1 is 0.925 bits per heavy atom. The first-order valence-electron chi connectivity index (χ1n) is 19.5. The van der Waals surface area contributed by atoms with E-state index in [1.165, 1.54) is 7.11 Å². The number of nitrogens with zero attached hydrogens (tertiary/aromatic N) is 5. The van der Waals surface area contributed by atoms with Gasteiger partial charge in [-0.15, -0.1) is 0 Å². The van der Waals surface area contributed by atoms with E-state index in [0.29, 0.717) is 44.3 Å². The second-order valence-corrected chi connectivity index (χ2v) is 15.4. The smallest absolute Gasteiger partial charge is 0.407 e. The summed E-state index contributed by atoms with van der Waals surface area (Å²) in [6.45, 7) is 10.8. The van der Waals surface area contributed by atoms with Crippen LogP contribution in [0.4, 0.5) is 4.79 Å². The SMILES string of the molecule is CC[C@H](C)CC(=O)N1CCC[C@H]1C1=NCC(c2ccc3c(c2)Oc2ncc(C4CN=C([C@@H]5CCCN5C(=O)[C@@H](NC(=O)OC)[C@@H](C)CC)N4)cc2C3)N1. The molecule has 1 aromatic heterocycles. The third-order valence-electron chi connectivity index (χ3n) is 11.9. The molecule has 0 radical (unpaired) electrons. The standard InChI is InChI=1S/C40H54N8O5/c1-6-23(3)16-34(49)47-14-8-10-31(47)36-41-21-29(44-36)25-12-13-26-17-27-18-28(20-43-38(27)53-33(26)19-25)30-22-42-37(45-30)32-11-9-15-48(32)39(50)35(24(4)7-2)46-40(51)52-5/h12-13,18-20,23-24,29-32,35H,6-11,14-17,21-22H2,1-5H3,(H,41,44)(H,42,45)(H,46,51)/t23-,24-,29?,30?,31-,32-,35-/m0/s1. The normalized spacial score (nSPS) is 24.8. The van der Waals surface area contributed by atoms with E-state index in [1.807, 2.05) is 29.8 Å². The number of nitrogens with one attached hydrogen (secondary N) is 3. The molecule has 53 heavy (non-hydrogen) atoms. The van der Waals surface area contributed by atoms with E-state index in [4.69, 9.17) is 24.4 Å². The maximum absolute atomic E-state index is 13.7. The Kier molecular flexibility index (Phi) is 10.9. The van der Waals surface area contributed by atoms with Crippen LogP contribution in [0.5, 0.6) is 11.6 Å². The molecular formula is C40H54N8O5. The Balaban J connectivity index is 0.968. The summed E-state index contributed by atoms with van der Waals surface area (Å²) in [6, 6.07) is 7.72. The second kappa shape index (κ2) is 15.7. The fourth-order valence-corrected chi connectivity index (χ4v) is 8.23. The van der Waals surface area contributed by atoms with E-state index in [0.717, 1.165) is 84.7 Å². The summed E-state index contributed by atoms with van der Waals surface area (Å²) in [4.78, 5) is 57.3. The number of aliphatic imine (C=N–C) groups is 2. The van der Waals surface area contributed by atoms with Gasteiger partial charge in [-0.3, -0.25) is 19.6 Å². The molecule has 6 heterocycles. The summed E-state index contributed by atoms with van der Waals surface area (Å²) >= 11 is 0. The second-order valence-electron chi connectivity index (χ2n) is 15.4. The van der Waals surface area contributed by atoms with Crippen LogP contribution in [0.2, 0.25) is 0 Å². The maximum atomic E-state index is 13.7. The zero-order valence-electron chi connectivity index (χ0n) is 31.7. The van der Waals surface area contributed by atoms with Gasteiger partial charge in [0, 0.05) is 37.7 Å². The molecule has 284 valence electrons. The van der Waals surface area contributed by atoms with Crippen molar-refractivity contribution in [2.45, 2.75) is 109 Å². The summed E-state index contributed by atoms with van der Waals surface area (Å²) in [5.74, 6) is 3.63. The van der Waals surface area contributed by atoms with E-state index >= 15 is 0 Å². The van der Waals surface area contributed by atoms with E-state index in [1.54, 1.807) is 0 Å². The summed E-state index contributed by atoms with van der Waals surface area (Å²) in [7, 11) is 1.31. The van der Waals surface area contributed by atoms with Crippen LogP contribution in [-0.4, -0.2) is 95.8 Å². The largest absolute Gasteiger partial charge is 0.453 e. The van der Waals surface area contributed by atoms with Crippen molar-refractivity contribution in [2.24, 2.45) is 21.8 Å². The molecule has 0 saturated carbocycles. The number of rotatable bonds is 11. The Morgan fingerprint density at radius 2 is 1.60 bits per heavy atom. The van der Waals surface area contributed by atoms with Crippen molar-refractivity contribution in [2.75, 3.05) is 33.3 Å². The number of hydrogen-bond acceptors (Lipinski definition) is 10. The number of hydrogen-bond donors (Lipinski definition) is 3. The van der Waals surface area contributed by atoms with Crippen LogP contribution in [0.15, 0.2) is 40.4 Å². The highest BCUT2D eigenvalue weighted by Crippen LogP contribution is 2.39. The van der Waals surface area contributed by atoms with Crippen LogP contribution in [0, 0.1) is 11.8 Å². The number of amides is 3. The third-order valence-corrected chi connectivity index (χ3v) is 11.9. The van der Waals surface area contributed by atoms with Crippen molar-refractivity contribution in [3.05, 3.63) is 52.7 Å². The monoisotopic (exact) mass is 726 g/mol. The van der Waals surface area contributed by atoms with Crippen LogP contribution in [0.1, 0.15) is 107 Å². The quantitative estimate of drug-likeness (QED) is 0.249. The highest BCUT2D eigenvalue weighted by Gasteiger charge is 2.40. The number of alkyl carbamates (subject to hydrolysis) is 1. The van der Waals surface area contributed by atoms with E-state index in [-0.39, 0.29) is 41.9 Å². The van der Waals surface area contributed by atoms with Gasteiger partial charge in [0.25, 0.3) is 0 Å². The van der Waals surface area contributed by atoms with Gasteiger partial charge in [0.15, 0.2) is 0 Å². The molecule has 0 spiro atoms. The zero-order valence-corrected chi connectivity index (χ0v) is 31.7. The van der Waals surface area contributed by atoms with Crippen LogP contribution in [-0.2, 0) is 20.7 Å². The summed E-state index contributed by atoms with van der Waals surface area (Å²) in [5.41, 5.74) is 4.25. The first kappa shape index (κ1) is 36.7. The number of benzene rings is 1. The Bertz CT molecular complexity index is 1780. The van der Waals surface area contributed by atoms with E-state index < -0.39 is 12.1 Å². The lowest BCUT2D eigenvalue weighted by Crippen LogP contribution is -2.55. The molecular weight excluding hydrogens is 672 g/mol. The zero-order chi connectivity index (χ0) is 37.2. The Morgan fingerprint density at radius 3 is 2.28 bits per heavy atom. The van der Waals surface area contributed by atoms with Gasteiger partial charge in [-0.05, 0) is 66.3 Å². The lowest BCUT2D eigenvalue weighted by atomic mass is 9.96. The summed E-state index contributed by atoms with van der Waals surface area (Å²) in [5, 5.41) is 10.0. The van der Waals surface area contributed by atoms with Gasteiger partial charge < -0.3 is 35.2 Å². The molecule has 1 aromatic carbocycles. The minimum absolute atomic E-state index is 0.0292. The first-order chi connectivity index (χ1) is 25.7. The van der Waals surface area contributed by atoms with Crippen molar-refractivity contribution in [3.8, 4) is 11.6 Å². The molecule has 2 unspecified atom stereocenters. The van der Waals surface area contributed by atoms with E-state index in [2.05, 4.69) is 54.1 Å². The number of likely N-dealkylation sites (tertiary alicyclic amines) is 2. The number of carbonyl (C=O) groups is 3. The first-order valence-corrected chi connectivity index (χ1v) is 19.5. The fourth-order valence-electron chi connectivity index (χ4n) is 8.23. The molecule has 13 heteroatoms. The maximum Gasteiger partial charge on any atom is 0.407 e. The fraction of sp³-hybridized carbons (Fsp3) is 0.600. The third kappa shape index (κ3) is 7.57. The molecule has 2 fully saturated rings. The van der Waals surface area contributed by atoms with Gasteiger partial charge in [-0.2, -0.15) is 0 Å². The lowest BCUT2D eigenvalue weighted by Gasteiger charge is -2.32. The van der Waals surface area contributed by atoms with Crippen LogP contribution < -0.4 is 20.7 Å². The molecule has 2 aromatic rings. The molecule has 7 atom stereocenters. The van der Waals surface area contributed by atoms with E-state index in [9.17, 15) is 14.4 Å². The van der Waals surface area contributed by atoms with Gasteiger partial charge in [0.2, 0.25) is 17.7 Å². The van der Waals surface area contributed by atoms with Gasteiger partial charge in [0.1, 0.15) is 23.5 Å². The number of aromatic nitrogens is 1.